The second-order valence-electron chi connectivity index (χ2n) is 9.22. The molecule has 0 spiro atoms. The fourth-order valence-corrected chi connectivity index (χ4v) is 4.41. The Morgan fingerprint density at radius 3 is 2.47 bits per heavy atom. The van der Waals surface area contributed by atoms with Crippen molar-refractivity contribution in [2.45, 2.75) is 51.9 Å². The monoisotopic (exact) mass is 494 g/mol. The summed E-state index contributed by atoms with van der Waals surface area (Å²) in [5.41, 5.74) is 1.25. The summed E-state index contributed by atoms with van der Waals surface area (Å²) in [6.07, 6.45) is 4.82. The highest BCUT2D eigenvalue weighted by Crippen LogP contribution is 2.34. The first kappa shape index (κ1) is 25.5. The zero-order chi connectivity index (χ0) is 25.3. The maximum absolute atomic E-state index is 12.7. The number of ketones is 1. The third kappa shape index (κ3) is 6.77. The summed E-state index contributed by atoms with van der Waals surface area (Å²) in [5.74, 6) is 1.71. The van der Waals surface area contributed by atoms with E-state index in [1.807, 2.05) is 0 Å². The van der Waals surface area contributed by atoms with E-state index in [-0.39, 0.29) is 43.2 Å². The molecule has 1 fully saturated rings. The largest absolute Gasteiger partial charge is 0.494 e. The number of carbonyl (C=O) groups is 3. The number of anilines is 1. The highest BCUT2D eigenvalue weighted by Gasteiger charge is 2.28. The molecular formula is C28H34N2O6. The topological polar surface area (TPSA) is 94.2 Å². The minimum Gasteiger partial charge on any atom is -0.494 e. The van der Waals surface area contributed by atoms with E-state index in [0.29, 0.717) is 55.3 Å². The summed E-state index contributed by atoms with van der Waals surface area (Å²) < 4.78 is 16.3. The number of hydrogen-bond donors (Lipinski definition) is 1. The average molecular weight is 495 g/mol. The highest BCUT2D eigenvalue weighted by atomic mass is 16.7. The van der Waals surface area contributed by atoms with Crippen LogP contribution in [0, 0.1) is 5.92 Å². The Labute approximate surface area is 211 Å². The predicted molar refractivity (Wildman–Crippen MR) is 136 cm³/mol. The first-order valence-corrected chi connectivity index (χ1v) is 12.8. The Balaban J connectivity index is 1.17. The molecule has 0 aromatic heterocycles. The van der Waals surface area contributed by atoms with Gasteiger partial charge in [0, 0.05) is 49.2 Å². The summed E-state index contributed by atoms with van der Waals surface area (Å²) in [6, 6.07) is 12.4. The molecule has 2 aromatic rings. The second-order valence-corrected chi connectivity index (χ2v) is 9.22. The van der Waals surface area contributed by atoms with Gasteiger partial charge < -0.3 is 24.4 Å². The number of rotatable bonds is 11. The van der Waals surface area contributed by atoms with Gasteiger partial charge in [-0.15, -0.1) is 0 Å². The number of amides is 2. The standard InChI is InChI=1S/C28H34N2O6/c1-2-3-4-17-34-23-8-5-20(6-9-23)24(31)10-12-27(32)30-15-13-21(14-16-30)28(33)29-22-7-11-25-26(18-22)36-19-35-25/h5-9,11,18,21H,2-4,10,12-17,19H2,1H3,(H,29,33). The normalized spacial score (nSPS) is 15.0. The third-order valence-electron chi connectivity index (χ3n) is 6.62. The second kappa shape index (κ2) is 12.4. The smallest absolute Gasteiger partial charge is 0.231 e. The molecule has 2 heterocycles. The van der Waals surface area contributed by atoms with Crippen LogP contribution < -0.4 is 19.5 Å². The maximum Gasteiger partial charge on any atom is 0.231 e. The molecule has 8 nitrogen and oxygen atoms in total. The summed E-state index contributed by atoms with van der Waals surface area (Å²) in [5, 5.41) is 2.93. The van der Waals surface area contributed by atoms with Gasteiger partial charge in [0.25, 0.3) is 0 Å². The van der Waals surface area contributed by atoms with Crippen LogP contribution in [0.3, 0.4) is 0 Å². The molecule has 2 aliphatic heterocycles. The number of likely N-dealkylation sites (tertiary alicyclic amines) is 1. The van der Waals surface area contributed by atoms with Crippen molar-refractivity contribution >= 4 is 23.3 Å². The van der Waals surface area contributed by atoms with Crippen LogP contribution in [0.25, 0.3) is 0 Å². The van der Waals surface area contributed by atoms with E-state index in [2.05, 4.69) is 12.2 Å². The SMILES string of the molecule is CCCCCOc1ccc(C(=O)CCC(=O)N2CCC(C(=O)Nc3ccc4c(c3)OCO4)CC2)cc1. The van der Waals surface area contributed by atoms with Crippen LogP contribution in [0.15, 0.2) is 42.5 Å². The van der Waals surface area contributed by atoms with E-state index >= 15 is 0 Å². The Bertz CT molecular complexity index is 1060. The van der Waals surface area contributed by atoms with E-state index in [4.69, 9.17) is 14.2 Å². The van der Waals surface area contributed by atoms with Crippen LogP contribution in [0.4, 0.5) is 5.69 Å². The third-order valence-corrected chi connectivity index (χ3v) is 6.62. The Kier molecular flexibility index (Phi) is 8.81. The number of unbranched alkanes of at least 4 members (excludes halogenated alkanes) is 2. The van der Waals surface area contributed by atoms with Gasteiger partial charge in [-0.2, -0.15) is 0 Å². The Hall–Kier alpha value is -3.55. The molecule has 192 valence electrons. The van der Waals surface area contributed by atoms with Crippen molar-refractivity contribution in [3.8, 4) is 17.2 Å². The number of fused-ring (bicyclic) bond motifs is 1. The van der Waals surface area contributed by atoms with Crippen LogP contribution >= 0.6 is 0 Å². The summed E-state index contributed by atoms with van der Waals surface area (Å²) in [4.78, 5) is 39.7. The predicted octanol–water partition coefficient (Wildman–Crippen LogP) is 4.82. The highest BCUT2D eigenvalue weighted by molar-refractivity contribution is 5.98. The fraction of sp³-hybridized carbons (Fsp3) is 0.464. The molecule has 0 radical (unpaired) electrons. The van der Waals surface area contributed by atoms with Gasteiger partial charge >= 0.3 is 0 Å². The zero-order valence-electron chi connectivity index (χ0n) is 20.8. The molecule has 2 amide bonds. The van der Waals surface area contributed by atoms with E-state index < -0.39 is 0 Å². The molecule has 0 aliphatic carbocycles. The number of Topliss-reactive ketones (excluding diaryl/α,β-unsaturated/α-hetero) is 1. The molecule has 1 N–H and O–H groups in total. The summed E-state index contributed by atoms with van der Waals surface area (Å²) in [6.45, 7) is 4.03. The lowest BCUT2D eigenvalue weighted by Gasteiger charge is -2.31. The lowest BCUT2D eigenvalue weighted by Crippen LogP contribution is -2.41. The van der Waals surface area contributed by atoms with Crippen LogP contribution in [0.2, 0.25) is 0 Å². The molecule has 4 rings (SSSR count). The van der Waals surface area contributed by atoms with Crippen LogP contribution in [-0.2, 0) is 9.59 Å². The first-order chi connectivity index (χ1) is 17.5. The molecule has 2 aromatic carbocycles. The molecule has 0 saturated carbocycles. The van der Waals surface area contributed by atoms with Crippen molar-refractivity contribution in [3.63, 3.8) is 0 Å². The molecule has 8 heteroatoms. The van der Waals surface area contributed by atoms with Gasteiger partial charge in [0.1, 0.15) is 5.75 Å². The lowest BCUT2D eigenvalue weighted by molar-refractivity contribution is -0.134. The van der Waals surface area contributed by atoms with Crippen molar-refractivity contribution in [1.82, 2.24) is 4.90 Å². The van der Waals surface area contributed by atoms with Crippen LogP contribution in [0.1, 0.15) is 62.2 Å². The quantitative estimate of drug-likeness (QED) is 0.355. The number of ether oxygens (including phenoxy) is 3. The van der Waals surface area contributed by atoms with Gasteiger partial charge in [-0.3, -0.25) is 14.4 Å². The van der Waals surface area contributed by atoms with Crippen LogP contribution in [-0.4, -0.2) is 49.0 Å². The van der Waals surface area contributed by atoms with Crippen LogP contribution in [0.5, 0.6) is 17.2 Å². The molecule has 0 bridgehead atoms. The van der Waals surface area contributed by atoms with Crippen molar-refractivity contribution in [3.05, 3.63) is 48.0 Å². The number of carbonyl (C=O) groups excluding carboxylic acids is 3. The minimum absolute atomic E-state index is 0.0474. The maximum atomic E-state index is 12.7. The number of benzene rings is 2. The van der Waals surface area contributed by atoms with E-state index in [0.717, 1.165) is 25.0 Å². The number of piperidine rings is 1. The van der Waals surface area contributed by atoms with Crippen molar-refractivity contribution in [1.29, 1.82) is 0 Å². The molecule has 1 saturated heterocycles. The molecule has 0 unspecified atom stereocenters. The molecule has 0 atom stereocenters. The molecule has 36 heavy (non-hydrogen) atoms. The first-order valence-electron chi connectivity index (χ1n) is 12.8. The Morgan fingerprint density at radius 2 is 1.72 bits per heavy atom. The minimum atomic E-state index is -0.163. The van der Waals surface area contributed by atoms with Gasteiger partial charge in [-0.25, -0.2) is 0 Å². The van der Waals surface area contributed by atoms with E-state index in [1.54, 1.807) is 47.4 Å². The molecular weight excluding hydrogens is 460 g/mol. The van der Waals surface area contributed by atoms with Crippen molar-refractivity contribution < 1.29 is 28.6 Å². The number of nitrogens with zero attached hydrogens (tertiary/aromatic N) is 1. The summed E-state index contributed by atoms with van der Waals surface area (Å²) in [7, 11) is 0. The van der Waals surface area contributed by atoms with Gasteiger partial charge in [0.2, 0.25) is 18.6 Å². The van der Waals surface area contributed by atoms with E-state index in [1.165, 1.54) is 0 Å². The average Bonchev–Trinajstić information content (AvgIpc) is 3.38. The van der Waals surface area contributed by atoms with Crippen molar-refractivity contribution in [2.24, 2.45) is 5.92 Å². The van der Waals surface area contributed by atoms with Gasteiger partial charge in [-0.05, 0) is 55.7 Å². The van der Waals surface area contributed by atoms with E-state index in [9.17, 15) is 14.4 Å². The van der Waals surface area contributed by atoms with Gasteiger partial charge in [-0.1, -0.05) is 19.8 Å². The fourth-order valence-electron chi connectivity index (χ4n) is 4.41. The molecule has 2 aliphatic rings. The lowest BCUT2D eigenvalue weighted by atomic mass is 9.95. The zero-order valence-corrected chi connectivity index (χ0v) is 20.8. The summed E-state index contributed by atoms with van der Waals surface area (Å²) >= 11 is 0. The Morgan fingerprint density at radius 1 is 0.972 bits per heavy atom. The van der Waals surface area contributed by atoms with Gasteiger partial charge in [0.15, 0.2) is 17.3 Å². The van der Waals surface area contributed by atoms with Gasteiger partial charge in [0.05, 0.1) is 6.61 Å². The van der Waals surface area contributed by atoms with Crippen molar-refractivity contribution in [2.75, 3.05) is 31.8 Å². The number of nitrogens with one attached hydrogen (secondary N) is 1. The number of hydrogen-bond acceptors (Lipinski definition) is 6.